The van der Waals surface area contributed by atoms with E-state index in [1.165, 1.54) is 0 Å². The molecule has 0 spiro atoms. The molecule has 5 heteroatoms. The molecule has 0 radical (unpaired) electrons. The van der Waals surface area contributed by atoms with Crippen LogP contribution in [0.1, 0.15) is 13.8 Å². The van der Waals surface area contributed by atoms with Gasteiger partial charge in [0.1, 0.15) is 0 Å². The van der Waals surface area contributed by atoms with Gasteiger partial charge in [-0.3, -0.25) is 0 Å². The molecule has 0 rings (SSSR count). The van der Waals surface area contributed by atoms with Crippen molar-refractivity contribution in [2.24, 2.45) is 5.73 Å². The molecule has 0 aliphatic carbocycles. The lowest BCUT2D eigenvalue weighted by Gasteiger charge is -2.17. The summed E-state index contributed by atoms with van der Waals surface area (Å²) in [6.07, 6.45) is 0. The molecule has 0 fully saturated rings. The Hall–Kier alpha value is -0.130. The maximum Gasteiger partial charge on any atom is 0.156 e. The van der Waals surface area contributed by atoms with E-state index >= 15 is 0 Å². The molecule has 11 heavy (non-hydrogen) atoms. The first-order chi connectivity index (χ1) is 4.95. The summed E-state index contributed by atoms with van der Waals surface area (Å²) >= 11 is 0. The quantitative estimate of drug-likeness (QED) is 0.590. The van der Waals surface area contributed by atoms with E-state index in [-0.39, 0.29) is 5.75 Å². The van der Waals surface area contributed by atoms with E-state index in [1.54, 1.807) is 13.8 Å². The van der Waals surface area contributed by atoms with E-state index < -0.39 is 27.7 Å². The molecule has 0 aliphatic rings. The SMILES string of the molecule is CCS(=O)(=O)[C@@H](CO)[C@H](C)N. The van der Waals surface area contributed by atoms with E-state index in [0.29, 0.717) is 0 Å². The lowest BCUT2D eigenvalue weighted by Crippen LogP contribution is -2.41. The predicted molar refractivity (Wildman–Crippen MR) is 44.0 cm³/mol. The summed E-state index contributed by atoms with van der Waals surface area (Å²) in [6, 6.07) is -0.509. The molecule has 0 aliphatic heterocycles. The lowest BCUT2D eigenvalue weighted by atomic mass is 10.3. The minimum Gasteiger partial charge on any atom is -0.395 e. The van der Waals surface area contributed by atoms with Crippen LogP contribution in [0.25, 0.3) is 0 Å². The van der Waals surface area contributed by atoms with Crippen LogP contribution in [0.2, 0.25) is 0 Å². The van der Waals surface area contributed by atoms with Gasteiger partial charge in [0.25, 0.3) is 0 Å². The minimum absolute atomic E-state index is 0.0275. The van der Waals surface area contributed by atoms with Crippen molar-refractivity contribution in [3.05, 3.63) is 0 Å². The molecule has 0 aromatic carbocycles. The highest BCUT2D eigenvalue weighted by molar-refractivity contribution is 7.92. The third-order valence-corrected chi connectivity index (χ3v) is 3.94. The van der Waals surface area contributed by atoms with Crippen LogP contribution >= 0.6 is 0 Å². The Morgan fingerprint density at radius 2 is 2.00 bits per heavy atom. The van der Waals surface area contributed by atoms with E-state index in [4.69, 9.17) is 10.8 Å². The second-order valence-electron chi connectivity index (χ2n) is 2.53. The van der Waals surface area contributed by atoms with Crippen LogP contribution in [0.5, 0.6) is 0 Å². The van der Waals surface area contributed by atoms with Gasteiger partial charge in [0.2, 0.25) is 0 Å². The molecule has 2 atom stereocenters. The van der Waals surface area contributed by atoms with E-state index in [9.17, 15) is 8.42 Å². The van der Waals surface area contributed by atoms with E-state index in [1.807, 2.05) is 0 Å². The van der Waals surface area contributed by atoms with Crippen molar-refractivity contribution in [2.45, 2.75) is 25.1 Å². The average molecular weight is 181 g/mol. The summed E-state index contributed by atoms with van der Waals surface area (Å²) in [5.74, 6) is 0.0275. The topological polar surface area (TPSA) is 80.4 Å². The summed E-state index contributed by atoms with van der Waals surface area (Å²) < 4.78 is 22.3. The highest BCUT2D eigenvalue weighted by Gasteiger charge is 2.26. The Labute approximate surface area is 67.3 Å². The maximum absolute atomic E-state index is 11.1. The molecular formula is C6H15NO3S. The highest BCUT2D eigenvalue weighted by Crippen LogP contribution is 2.04. The molecule has 0 saturated carbocycles. The zero-order valence-corrected chi connectivity index (χ0v) is 7.63. The van der Waals surface area contributed by atoms with Crippen LogP contribution in [-0.2, 0) is 9.84 Å². The lowest BCUT2D eigenvalue weighted by molar-refractivity contribution is 0.280. The Balaban J connectivity index is 4.51. The summed E-state index contributed by atoms with van der Waals surface area (Å²) in [6.45, 7) is 2.72. The van der Waals surface area contributed by atoms with Crippen LogP contribution in [0, 0.1) is 0 Å². The van der Waals surface area contributed by atoms with Crippen LogP contribution in [0.3, 0.4) is 0 Å². The molecule has 0 unspecified atom stereocenters. The highest BCUT2D eigenvalue weighted by atomic mass is 32.2. The number of hydrogen-bond donors (Lipinski definition) is 2. The zero-order chi connectivity index (χ0) is 9.07. The van der Waals surface area contributed by atoms with Gasteiger partial charge in [-0.25, -0.2) is 8.42 Å². The van der Waals surface area contributed by atoms with Crippen molar-refractivity contribution in [1.29, 1.82) is 0 Å². The van der Waals surface area contributed by atoms with Crippen LogP contribution in [0.15, 0.2) is 0 Å². The van der Waals surface area contributed by atoms with Gasteiger partial charge in [-0.1, -0.05) is 6.92 Å². The number of nitrogens with two attached hydrogens (primary N) is 1. The van der Waals surface area contributed by atoms with Gasteiger partial charge in [-0.05, 0) is 6.92 Å². The van der Waals surface area contributed by atoms with Gasteiger partial charge >= 0.3 is 0 Å². The molecule has 0 saturated heterocycles. The van der Waals surface area contributed by atoms with Gasteiger partial charge in [-0.2, -0.15) is 0 Å². The number of hydrogen-bond acceptors (Lipinski definition) is 4. The Bertz CT molecular complexity index is 198. The second-order valence-corrected chi connectivity index (χ2v) is 5.04. The molecular weight excluding hydrogens is 166 g/mol. The van der Waals surface area contributed by atoms with Crippen LogP contribution < -0.4 is 5.73 Å². The molecule has 0 heterocycles. The summed E-state index contributed by atoms with van der Waals surface area (Å²) in [5.41, 5.74) is 5.37. The van der Waals surface area contributed by atoms with Crippen molar-refractivity contribution < 1.29 is 13.5 Å². The Kier molecular flexibility index (Phi) is 3.99. The van der Waals surface area contributed by atoms with Crippen molar-refractivity contribution in [3.8, 4) is 0 Å². The van der Waals surface area contributed by atoms with Crippen LogP contribution in [0.4, 0.5) is 0 Å². The standard InChI is InChI=1S/C6H15NO3S/c1-3-11(9,10)6(4-8)5(2)7/h5-6,8H,3-4,7H2,1-2H3/t5-,6-/m0/s1. The number of sulfone groups is 1. The van der Waals surface area contributed by atoms with E-state index in [2.05, 4.69) is 0 Å². The largest absolute Gasteiger partial charge is 0.395 e. The van der Waals surface area contributed by atoms with Crippen molar-refractivity contribution >= 4 is 9.84 Å². The fourth-order valence-corrected chi connectivity index (χ4v) is 2.13. The van der Waals surface area contributed by atoms with Gasteiger partial charge < -0.3 is 10.8 Å². The van der Waals surface area contributed by atoms with Gasteiger partial charge in [0.15, 0.2) is 9.84 Å². The van der Waals surface area contributed by atoms with Gasteiger partial charge in [-0.15, -0.1) is 0 Å². The zero-order valence-electron chi connectivity index (χ0n) is 6.82. The molecule has 4 nitrogen and oxygen atoms in total. The molecule has 0 aromatic heterocycles. The fourth-order valence-electron chi connectivity index (χ4n) is 0.821. The first kappa shape index (κ1) is 10.9. The van der Waals surface area contributed by atoms with Crippen molar-refractivity contribution in [3.63, 3.8) is 0 Å². The summed E-state index contributed by atoms with van der Waals surface area (Å²) in [4.78, 5) is 0. The molecule has 68 valence electrons. The van der Waals surface area contributed by atoms with Crippen molar-refractivity contribution in [2.75, 3.05) is 12.4 Å². The maximum atomic E-state index is 11.1. The average Bonchev–Trinajstić information content (AvgIpc) is 1.88. The Morgan fingerprint density at radius 3 is 2.09 bits per heavy atom. The van der Waals surface area contributed by atoms with E-state index in [0.717, 1.165) is 0 Å². The minimum atomic E-state index is -3.18. The van der Waals surface area contributed by atoms with Crippen molar-refractivity contribution in [1.82, 2.24) is 0 Å². The monoisotopic (exact) mass is 181 g/mol. The third kappa shape index (κ3) is 2.76. The molecule has 0 aromatic rings. The number of aliphatic hydroxyl groups excluding tert-OH is 1. The fraction of sp³-hybridized carbons (Fsp3) is 1.00. The third-order valence-electron chi connectivity index (χ3n) is 1.63. The molecule has 0 bridgehead atoms. The van der Waals surface area contributed by atoms with Crippen LogP contribution in [-0.4, -0.2) is 37.2 Å². The molecule has 3 N–H and O–H groups in total. The predicted octanol–water partition coefficient (Wildman–Crippen LogP) is -0.871. The van der Waals surface area contributed by atoms with Gasteiger partial charge in [0.05, 0.1) is 11.9 Å². The first-order valence-corrected chi connectivity index (χ1v) is 5.25. The summed E-state index contributed by atoms with van der Waals surface area (Å²) in [7, 11) is -3.18. The molecule has 0 amide bonds. The summed E-state index contributed by atoms with van der Waals surface area (Å²) in [5, 5.41) is 7.89. The number of rotatable bonds is 4. The van der Waals surface area contributed by atoms with Gasteiger partial charge in [0, 0.05) is 11.8 Å². The number of aliphatic hydroxyl groups is 1. The normalized spacial score (nSPS) is 17.8. The Morgan fingerprint density at radius 1 is 1.55 bits per heavy atom. The smallest absolute Gasteiger partial charge is 0.156 e. The second kappa shape index (κ2) is 4.04. The first-order valence-electron chi connectivity index (χ1n) is 3.53.